The molecule has 8 heteroatoms. The van der Waals surface area contributed by atoms with Gasteiger partial charge in [0.15, 0.2) is 0 Å². The fraction of sp³-hybridized carbons (Fsp3) is 0.125. The molecule has 0 N–H and O–H groups in total. The molecule has 0 aliphatic rings. The zero-order valence-corrected chi connectivity index (χ0v) is 8.75. The molecule has 0 amide bonds. The zero-order chi connectivity index (χ0) is 12.8. The number of hydrogen-bond acceptors (Lipinski definition) is 4. The van der Waals surface area contributed by atoms with Gasteiger partial charge >= 0.3 is 15.6 Å². The summed E-state index contributed by atoms with van der Waals surface area (Å²) in [6, 6.07) is 0. The second kappa shape index (κ2) is 5.50. The van der Waals surface area contributed by atoms with Gasteiger partial charge in [0.2, 0.25) is 5.90 Å². The van der Waals surface area contributed by atoms with E-state index in [1.165, 1.54) is 6.08 Å². The zero-order valence-electron chi connectivity index (χ0n) is 7.94. The molecule has 0 saturated carbocycles. The predicted molar refractivity (Wildman–Crippen MR) is 53.0 cm³/mol. The number of aliphatic imine (C=N–C) groups is 1. The van der Waals surface area contributed by atoms with Crippen molar-refractivity contribution in [2.45, 2.75) is 5.51 Å². The van der Waals surface area contributed by atoms with Gasteiger partial charge in [-0.05, 0) is 0 Å². The normalized spacial score (nSPS) is 13.8. The molecule has 0 aliphatic carbocycles. The molecule has 0 radical (unpaired) electrons. The summed E-state index contributed by atoms with van der Waals surface area (Å²) in [6.07, 6.45) is 4.11. The van der Waals surface area contributed by atoms with Crippen molar-refractivity contribution < 1.29 is 25.8 Å². The Balaban J connectivity index is 5.06. The second-order valence-electron chi connectivity index (χ2n) is 2.23. The highest BCUT2D eigenvalue weighted by Crippen LogP contribution is 2.24. The fourth-order valence-corrected chi connectivity index (χ4v) is 0.910. The standard InChI is InChI=1S/C8H8F3NO3S/c1-3-5-6-7(12-4-2)15-16(13,14)8(9,10)11/h3-6H,1-2H2/b6-5-,12-7+. The third-order valence-electron chi connectivity index (χ3n) is 1.07. The van der Waals surface area contributed by atoms with Crippen LogP contribution in [0.4, 0.5) is 13.2 Å². The van der Waals surface area contributed by atoms with Gasteiger partial charge in [-0.1, -0.05) is 25.3 Å². The lowest BCUT2D eigenvalue weighted by atomic mass is 10.5. The van der Waals surface area contributed by atoms with E-state index in [1.807, 2.05) is 0 Å². The number of rotatable bonds is 4. The summed E-state index contributed by atoms with van der Waals surface area (Å²) < 4.78 is 60.6. The van der Waals surface area contributed by atoms with Crippen molar-refractivity contribution >= 4 is 16.0 Å². The minimum atomic E-state index is -5.71. The van der Waals surface area contributed by atoms with Crippen molar-refractivity contribution in [2.24, 2.45) is 4.99 Å². The molecule has 0 heterocycles. The summed E-state index contributed by atoms with van der Waals surface area (Å²) in [5, 5.41) is 0. The highest BCUT2D eigenvalue weighted by Gasteiger charge is 2.48. The van der Waals surface area contributed by atoms with Crippen LogP contribution in [-0.2, 0) is 14.3 Å². The number of hydrogen-bond donors (Lipinski definition) is 0. The van der Waals surface area contributed by atoms with Crippen LogP contribution < -0.4 is 0 Å². The highest BCUT2D eigenvalue weighted by molar-refractivity contribution is 7.88. The van der Waals surface area contributed by atoms with Crippen molar-refractivity contribution in [3.63, 3.8) is 0 Å². The third kappa shape index (κ3) is 4.30. The monoisotopic (exact) mass is 255 g/mol. The number of alkyl halides is 3. The Hall–Kier alpha value is -1.57. The first-order chi connectivity index (χ1) is 7.24. The molecule has 0 aromatic rings. The van der Waals surface area contributed by atoms with Crippen LogP contribution in [0.2, 0.25) is 0 Å². The maximum atomic E-state index is 11.9. The fourth-order valence-electron chi connectivity index (χ4n) is 0.492. The molecule has 0 unspecified atom stereocenters. The average Bonchev–Trinajstić information content (AvgIpc) is 2.12. The van der Waals surface area contributed by atoms with Crippen molar-refractivity contribution in [1.82, 2.24) is 0 Å². The molecule has 0 saturated heterocycles. The van der Waals surface area contributed by atoms with Crippen LogP contribution in [0.1, 0.15) is 0 Å². The quantitative estimate of drug-likeness (QED) is 0.254. The van der Waals surface area contributed by atoms with E-state index in [4.69, 9.17) is 0 Å². The molecule has 0 aromatic heterocycles. The minimum Gasteiger partial charge on any atom is -0.355 e. The Morgan fingerprint density at radius 1 is 1.31 bits per heavy atom. The molecule has 0 spiro atoms. The van der Waals surface area contributed by atoms with Gasteiger partial charge in [0.05, 0.1) is 0 Å². The Labute approximate surface area is 90.6 Å². The van der Waals surface area contributed by atoms with Crippen LogP contribution in [0.25, 0.3) is 0 Å². The summed E-state index contributed by atoms with van der Waals surface area (Å²) in [6.45, 7) is 6.34. The van der Waals surface area contributed by atoms with E-state index in [-0.39, 0.29) is 0 Å². The van der Waals surface area contributed by atoms with E-state index in [0.29, 0.717) is 0 Å². The van der Waals surface area contributed by atoms with Crippen LogP contribution in [0, 0.1) is 0 Å². The SMILES string of the molecule is C=C/C=C\C(=N/C=C)OS(=O)(=O)C(F)(F)F. The molecular formula is C8H8F3NO3S. The lowest BCUT2D eigenvalue weighted by molar-refractivity contribution is -0.0504. The predicted octanol–water partition coefficient (Wildman–Crippen LogP) is 2.14. The highest BCUT2D eigenvalue weighted by atomic mass is 32.2. The Kier molecular flexibility index (Phi) is 4.96. The summed E-state index contributed by atoms with van der Waals surface area (Å²) in [4.78, 5) is 3.20. The first-order valence-electron chi connectivity index (χ1n) is 3.73. The Morgan fingerprint density at radius 2 is 1.88 bits per heavy atom. The van der Waals surface area contributed by atoms with Gasteiger partial charge in [0.1, 0.15) is 0 Å². The van der Waals surface area contributed by atoms with Crippen LogP contribution >= 0.6 is 0 Å². The topological polar surface area (TPSA) is 55.7 Å². The largest absolute Gasteiger partial charge is 0.534 e. The van der Waals surface area contributed by atoms with Gasteiger partial charge in [-0.3, -0.25) is 0 Å². The lowest BCUT2D eigenvalue weighted by Crippen LogP contribution is -2.27. The van der Waals surface area contributed by atoms with Crippen molar-refractivity contribution in [1.29, 1.82) is 0 Å². The third-order valence-corrected chi connectivity index (χ3v) is 2.03. The van der Waals surface area contributed by atoms with Crippen molar-refractivity contribution in [3.05, 3.63) is 37.6 Å². The molecule has 0 rings (SSSR count). The van der Waals surface area contributed by atoms with E-state index in [2.05, 4.69) is 22.3 Å². The first kappa shape index (κ1) is 14.4. The number of allylic oxidation sites excluding steroid dienone is 2. The Bertz CT molecular complexity index is 420. The van der Waals surface area contributed by atoms with Crippen LogP contribution in [0.3, 0.4) is 0 Å². The Morgan fingerprint density at radius 3 is 2.25 bits per heavy atom. The van der Waals surface area contributed by atoms with Gasteiger partial charge < -0.3 is 4.18 Å². The molecule has 0 fully saturated rings. The van der Waals surface area contributed by atoms with Gasteiger partial charge in [-0.2, -0.15) is 21.6 Å². The lowest BCUT2D eigenvalue weighted by Gasteiger charge is -2.08. The first-order valence-corrected chi connectivity index (χ1v) is 5.14. The van der Waals surface area contributed by atoms with Gasteiger partial charge in [-0.15, -0.1) is 0 Å². The van der Waals surface area contributed by atoms with Crippen LogP contribution in [0.5, 0.6) is 0 Å². The van der Waals surface area contributed by atoms with E-state index >= 15 is 0 Å². The van der Waals surface area contributed by atoms with Crippen LogP contribution in [0.15, 0.2) is 42.6 Å². The van der Waals surface area contributed by atoms with Gasteiger partial charge in [0.25, 0.3) is 0 Å². The smallest absolute Gasteiger partial charge is 0.355 e. The summed E-state index contributed by atoms with van der Waals surface area (Å²) in [5.74, 6) is -0.757. The second-order valence-corrected chi connectivity index (χ2v) is 3.77. The van der Waals surface area contributed by atoms with E-state index < -0.39 is 21.5 Å². The molecule has 0 aromatic carbocycles. The van der Waals surface area contributed by atoms with E-state index in [9.17, 15) is 21.6 Å². The molecular weight excluding hydrogens is 247 g/mol. The minimum absolute atomic E-state index is 0.757. The maximum Gasteiger partial charge on any atom is 0.534 e. The average molecular weight is 255 g/mol. The van der Waals surface area contributed by atoms with Crippen molar-refractivity contribution in [3.8, 4) is 0 Å². The molecule has 0 aliphatic heterocycles. The number of nitrogens with zero attached hydrogens (tertiary/aromatic N) is 1. The molecule has 90 valence electrons. The molecule has 0 atom stereocenters. The molecule has 0 bridgehead atoms. The summed E-state index contributed by atoms with van der Waals surface area (Å²) in [7, 11) is -5.71. The van der Waals surface area contributed by atoms with Gasteiger partial charge in [0, 0.05) is 12.3 Å². The maximum absolute atomic E-state index is 11.9. The van der Waals surface area contributed by atoms with E-state index in [1.54, 1.807) is 0 Å². The van der Waals surface area contributed by atoms with Gasteiger partial charge in [-0.25, -0.2) is 4.99 Å². The molecule has 4 nitrogen and oxygen atoms in total. The van der Waals surface area contributed by atoms with Crippen molar-refractivity contribution in [2.75, 3.05) is 0 Å². The number of halogens is 3. The van der Waals surface area contributed by atoms with Crippen LogP contribution in [-0.4, -0.2) is 19.8 Å². The summed E-state index contributed by atoms with van der Waals surface area (Å²) >= 11 is 0. The molecule has 16 heavy (non-hydrogen) atoms. The van der Waals surface area contributed by atoms with E-state index in [0.717, 1.165) is 18.4 Å². The summed E-state index contributed by atoms with van der Waals surface area (Å²) in [5.41, 5.74) is -5.50.